The van der Waals surface area contributed by atoms with Gasteiger partial charge in [0.05, 0.1) is 12.0 Å². The predicted octanol–water partition coefficient (Wildman–Crippen LogP) is 11.1. The minimum atomic E-state index is -1.23. The van der Waals surface area contributed by atoms with Gasteiger partial charge >= 0.3 is 17.6 Å². The number of fused-ring (bicyclic) bond motifs is 7. The Kier molecular flexibility index (Phi) is 12.7. The Morgan fingerprint density at radius 3 is 2.28 bits per heavy atom. The Hall–Kier alpha value is -6.65. The van der Waals surface area contributed by atoms with Gasteiger partial charge in [0.1, 0.15) is 11.3 Å². The van der Waals surface area contributed by atoms with E-state index in [1.807, 2.05) is 50.2 Å². The van der Waals surface area contributed by atoms with Gasteiger partial charge in [-0.1, -0.05) is 121 Å². The summed E-state index contributed by atoms with van der Waals surface area (Å²) < 4.78 is 26.6. The zero-order valence-electron chi connectivity index (χ0n) is 36.7. The fourth-order valence-electron chi connectivity index (χ4n) is 9.83. The van der Waals surface area contributed by atoms with Gasteiger partial charge < -0.3 is 18.6 Å². The van der Waals surface area contributed by atoms with Crippen LogP contribution in [0.2, 0.25) is 0 Å². The highest BCUT2D eigenvalue weighted by molar-refractivity contribution is 5.90. The molecule has 324 valence electrons. The minimum absolute atomic E-state index is 0.0858. The molecule has 0 amide bonds. The quantitative estimate of drug-likeness (QED) is 0.0619. The summed E-state index contributed by atoms with van der Waals surface area (Å²) in [6, 6.07) is 42.8. The summed E-state index contributed by atoms with van der Waals surface area (Å²) in [5, 5.41) is 0.633. The maximum absolute atomic E-state index is 14.9. The lowest BCUT2D eigenvalue weighted by Gasteiger charge is -2.46. The van der Waals surface area contributed by atoms with Crippen molar-refractivity contribution in [3.8, 4) is 17.6 Å². The molecular formula is C57H54O7. The molecule has 5 bridgehead atoms. The van der Waals surface area contributed by atoms with E-state index in [4.69, 9.17) is 18.6 Å². The molecule has 3 aliphatic rings. The summed E-state index contributed by atoms with van der Waals surface area (Å²) in [5.74, 6) is 6.42. The third kappa shape index (κ3) is 9.62. The molecule has 0 aliphatic carbocycles. The molecule has 6 aromatic rings. The molecule has 3 aliphatic heterocycles. The van der Waals surface area contributed by atoms with Crippen molar-refractivity contribution in [2.75, 3.05) is 0 Å². The van der Waals surface area contributed by atoms with Gasteiger partial charge in [-0.05, 0) is 135 Å². The highest BCUT2D eigenvalue weighted by atomic mass is 16.6. The third-order valence-electron chi connectivity index (χ3n) is 13.2. The average Bonchev–Trinajstić information content (AvgIpc) is 3.29. The fraction of sp³-hybridized carbons (Fsp3) is 0.316. The maximum atomic E-state index is 14.9. The number of aryl methyl sites for hydroxylation is 3. The Labute approximate surface area is 375 Å². The number of ether oxygens (including phenoxy) is 3. The maximum Gasteiger partial charge on any atom is 0.336 e. The van der Waals surface area contributed by atoms with Crippen molar-refractivity contribution in [1.29, 1.82) is 0 Å². The van der Waals surface area contributed by atoms with E-state index >= 15 is 0 Å². The molecular weight excluding hydrogens is 797 g/mol. The molecule has 9 rings (SSSR count). The number of allylic oxidation sites excluding steroid dienone is 1. The van der Waals surface area contributed by atoms with E-state index in [0.29, 0.717) is 60.8 Å². The first-order valence-electron chi connectivity index (χ1n) is 22.7. The van der Waals surface area contributed by atoms with Crippen LogP contribution in [0.4, 0.5) is 0 Å². The molecule has 5 aromatic carbocycles. The molecule has 4 atom stereocenters. The lowest BCUT2D eigenvalue weighted by molar-refractivity contribution is -0.194. The first-order chi connectivity index (χ1) is 31.2. The van der Waals surface area contributed by atoms with E-state index in [1.54, 1.807) is 6.07 Å². The van der Waals surface area contributed by atoms with Gasteiger partial charge in [0.15, 0.2) is 17.8 Å². The van der Waals surface area contributed by atoms with E-state index < -0.39 is 35.4 Å². The standard InChI is InChI=1S/C57H54O7/c1-38(2)48-28-24-42-23-25-47-36-44(22-21-41-17-11-18-43(34-41)33-40-15-7-4-8-16-40)37-51(59)62-54-52-49(29-26-45-27-30-50(58)61-53(45)52)64-57(55(54)63-56(48)60,31-10-9-20-46(47)35-42)32-12-19-39-13-5-3-6-14-39/h3-8,11,13-18,23,25-27,29-30,34-35,44,54-55H,12,19-22,24,28,31-33,36-37H2,1-2H3/t44-,54?,55?,57-/m1/s1. The van der Waals surface area contributed by atoms with Gasteiger partial charge in [0.2, 0.25) is 0 Å². The normalized spacial score (nSPS) is 20.7. The van der Waals surface area contributed by atoms with E-state index in [-0.39, 0.29) is 24.3 Å². The first-order valence-corrected chi connectivity index (χ1v) is 22.7. The average molecular weight is 851 g/mol. The molecule has 64 heavy (non-hydrogen) atoms. The van der Waals surface area contributed by atoms with Gasteiger partial charge in [-0.15, -0.1) is 0 Å². The topological polar surface area (TPSA) is 92.0 Å². The monoisotopic (exact) mass is 850 g/mol. The zero-order chi connectivity index (χ0) is 44.0. The predicted molar refractivity (Wildman–Crippen MR) is 249 cm³/mol. The molecule has 0 fully saturated rings. The summed E-state index contributed by atoms with van der Waals surface area (Å²) in [4.78, 5) is 42.5. The van der Waals surface area contributed by atoms with Crippen molar-refractivity contribution in [2.45, 2.75) is 109 Å². The van der Waals surface area contributed by atoms with Crippen LogP contribution in [-0.2, 0) is 57.6 Å². The number of hydrogen-bond acceptors (Lipinski definition) is 7. The molecule has 0 spiro atoms. The summed E-state index contributed by atoms with van der Waals surface area (Å²) in [7, 11) is 0. The van der Waals surface area contributed by atoms with Crippen LogP contribution in [0.5, 0.6) is 5.75 Å². The van der Waals surface area contributed by atoms with E-state index in [0.717, 1.165) is 47.9 Å². The molecule has 0 saturated carbocycles. The minimum Gasteiger partial charge on any atom is -0.482 e. The molecule has 0 N–H and O–H groups in total. The summed E-state index contributed by atoms with van der Waals surface area (Å²) in [6.45, 7) is 3.86. The highest BCUT2D eigenvalue weighted by Gasteiger charge is 2.55. The Bertz CT molecular complexity index is 2820. The van der Waals surface area contributed by atoms with Gasteiger partial charge in [-0.2, -0.15) is 0 Å². The Morgan fingerprint density at radius 2 is 1.47 bits per heavy atom. The van der Waals surface area contributed by atoms with Gasteiger partial charge in [0.25, 0.3) is 0 Å². The second-order valence-electron chi connectivity index (χ2n) is 18.0. The van der Waals surface area contributed by atoms with Crippen LogP contribution in [-0.4, -0.2) is 23.6 Å². The third-order valence-corrected chi connectivity index (χ3v) is 13.2. The summed E-state index contributed by atoms with van der Waals surface area (Å²) in [6.07, 6.45) is 4.56. The SMILES string of the molecule is CC(C)=C1CCc2ccc3c(c2)CC#CC[C@]2(CCCc4ccccc4)Oc4ccc5ccc(=O)oc5c4C(OC(=O)C[C@H](CCc4cccc(Cc5ccccc5)c4)C3)C2OC1=O. The molecule has 0 saturated heterocycles. The highest BCUT2D eigenvalue weighted by Crippen LogP contribution is 2.50. The first kappa shape index (κ1) is 42.6. The summed E-state index contributed by atoms with van der Waals surface area (Å²) in [5.41, 5.74) is 8.54. The van der Waals surface area contributed by atoms with Crippen LogP contribution < -0.4 is 10.4 Å². The van der Waals surface area contributed by atoms with Crippen molar-refractivity contribution >= 4 is 22.9 Å². The van der Waals surface area contributed by atoms with Crippen molar-refractivity contribution < 1.29 is 28.2 Å². The van der Waals surface area contributed by atoms with Crippen LogP contribution in [0.1, 0.15) is 103 Å². The second-order valence-corrected chi connectivity index (χ2v) is 18.0. The molecule has 4 heterocycles. The van der Waals surface area contributed by atoms with Gasteiger partial charge in [0, 0.05) is 29.9 Å². The Balaban J connectivity index is 1.16. The number of hydrogen-bond donors (Lipinski definition) is 0. The van der Waals surface area contributed by atoms with Crippen LogP contribution in [0, 0.1) is 17.8 Å². The molecule has 7 heteroatoms. The van der Waals surface area contributed by atoms with Crippen LogP contribution >= 0.6 is 0 Å². The van der Waals surface area contributed by atoms with E-state index in [2.05, 4.69) is 90.7 Å². The number of carbonyl (C=O) groups excluding carboxylic acids is 2. The number of esters is 2. The van der Waals surface area contributed by atoms with Crippen LogP contribution in [0.15, 0.2) is 148 Å². The smallest absolute Gasteiger partial charge is 0.336 e. The fourth-order valence-corrected chi connectivity index (χ4v) is 9.83. The molecule has 2 unspecified atom stereocenters. The molecule has 1 aromatic heterocycles. The largest absolute Gasteiger partial charge is 0.482 e. The van der Waals surface area contributed by atoms with Gasteiger partial charge in [-0.25, -0.2) is 9.59 Å². The molecule has 0 radical (unpaired) electrons. The Morgan fingerprint density at radius 1 is 0.703 bits per heavy atom. The van der Waals surface area contributed by atoms with Crippen molar-refractivity contribution in [3.63, 3.8) is 0 Å². The van der Waals surface area contributed by atoms with Crippen LogP contribution in [0.25, 0.3) is 11.0 Å². The van der Waals surface area contributed by atoms with Crippen molar-refractivity contribution in [2.24, 2.45) is 5.92 Å². The second kappa shape index (κ2) is 19.0. The summed E-state index contributed by atoms with van der Waals surface area (Å²) >= 11 is 0. The number of benzene rings is 5. The van der Waals surface area contributed by atoms with Gasteiger partial charge in [-0.3, -0.25) is 4.79 Å². The van der Waals surface area contributed by atoms with E-state index in [1.165, 1.54) is 28.3 Å². The van der Waals surface area contributed by atoms with E-state index in [9.17, 15) is 14.4 Å². The lowest BCUT2D eigenvalue weighted by Crippen LogP contribution is -2.56. The number of carbonyl (C=O) groups is 2. The zero-order valence-corrected chi connectivity index (χ0v) is 36.7. The van der Waals surface area contributed by atoms with Crippen molar-refractivity contribution in [1.82, 2.24) is 0 Å². The van der Waals surface area contributed by atoms with Crippen molar-refractivity contribution in [3.05, 3.63) is 193 Å². The number of rotatable bonds is 9. The molecule has 7 nitrogen and oxygen atoms in total. The lowest BCUT2D eigenvalue weighted by atomic mass is 9.78. The van der Waals surface area contributed by atoms with Crippen LogP contribution in [0.3, 0.4) is 0 Å².